The molecule has 0 spiro atoms. The summed E-state index contributed by atoms with van der Waals surface area (Å²) < 4.78 is 16.6. The van der Waals surface area contributed by atoms with Crippen LogP contribution in [0.25, 0.3) is 0 Å². The molecule has 0 saturated heterocycles. The number of rotatable bonds is 39. The van der Waals surface area contributed by atoms with E-state index in [9.17, 15) is 14.4 Å². The van der Waals surface area contributed by atoms with Gasteiger partial charge in [-0.05, 0) is 64.2 Å². The van der Waals surface area contributed by atoms with E-state index in [1.54, 1.807) is 0 Å². The van der Waals surface area contributed by atoms with Gasteiger partial charge >= 0.3 is 17.9 Å². The smallest absolute Gasteiger partial charge is 0.306 e. The van der Waals surface area contributed by atoms with Gasteiger partial charge in [0, 0.05) is 19.3 Å². The van der Waals surface area contributed by atoms with Crippen molar-refractivity contribution in [2.45, 2.75) is 226 Å². The summed E-state index contributed by atoms with van der Waals surface area (Å²) in [5, 5.41) is 0. The van der Waals surface area contributed by atoms with E-state index in [-0.39, 0.29) is 31.1 Å². The van der Waals surface area contributed by atoms with Crippen molar-refractivity contribution < 1.29 is 28.6 Å². The van der Waals surface area contributed by atoms with Crippen LogP contribution >= 0.6 is 0 Å². The zero-order chi connectivity index (χ0) is 38.0. The fourth-order valence-electron chi connectivity index (χ4n) is 6.00. The fraction of sp³-hybridized carbons (Fsp3) is 0.804. The lowest BCUT2D eigenvalue weighted by atomic mass is 10.1. The summed E-state index contributed by atoms with van der Waals surface area (Å²) in [6, 6.07) is 0. The third-order valence-corrected chi connectivity index (χ3v) is 9.40. The van der Waals surface area contributed by atoms with Crippen molar-refractivity contribution in [3.8, 4) is 0 Å². The van der Waals surface area contributed by atoms with Gasteiger partial charge in [-0.25, -0.2) is 0 Å². The average molecular weight is 731 g/mol. The maximum atomic E-state index is 12.6. The average Bonchev–Trinajstić information content (AvgIpc) is 3.14. The molecule has 1 unspecified atom stereocenters. The van der Waals surface area contributed by atoms with Gasteiger partial charge < -0.3 is 14.2 Å². The van der Waals surface area contributed by atoms with E-state index in [2.05, 4.69) is 57.2 Å². The van der Waals surface area contributed by atoms with E-state index in [1.165, 1.54) is 96.3 Å². The molecular weight excluding hydrogens is 649 g/mol. The summed E-state index contributed by atoms with van der Waals surface area (Å²) in [6.07, 6.45) is 45.5. The van der Waals surface area contributed by atoms with Crippen molar-refractivity contribution in [3.63, 3.8) is 0 Å². The Labute approximate surface area is 321 Å². The molecule has 0 heterocycles. The molecule has 0 aromatic rings. The maximum Gasteiger partial charge on any atom is 0.306 e. The minimum Gasteiger partial charge on any atom is -0.462 e. The van der Waals surface area contributed by atoms with Crippen LogP contribution in [0.2, 0.25) is 0 Å². The number of carbonyl (C=O) groups is 3. The van der Waals surface area contributed by atoms with Gasteiger partial charge in [0.1, 0.15) is 13.2 Å². The molecule has 0 aliphatic carbocycles. The van der Waals surface area contributed by atoms with Crippen LogP contribution in [0.1, 0.15) is 220 Å². The van der Waals surface area contributed by atoms with Crippen LogP contribution in [0.15, 0.2) is 36.5 Å². The number of hydrogen-bond acceptors (Lipinski definition) is 6. The molecule has 0 aromatic heterocycles. The summed E-state index contributed by atoms with van der Waals surface area (Å²) in [5.41, 5.74) is 0. The quantitative estimate of drug-likeness (QED) is 0.0206. The first-order chi connectivity index (χ1) is 25.5. The second-order valence-electron chi connectivity index (χ2n) is 14.6. The van der Waals surface area contributed by atoms with Crippen LogP contribution in [-0.4, -0.2) is 37.2 Å². The molecule has 0 amide bonds. The zero-order valence-electron chi connectivity index (χ0n) is 34.3. The molecule has 0 fully saturated rings. The van der Waals surface area contributed by atoms with Crippen LogP contribution in [0.5, 0.6) is 0 Å². The van der Waals surface area contributed by atoms with Crippen LogP contribution in [0.3, 0.4) is 0 Å². The highest BCUT2D eigenvalue weighted by Gasteiger charge is 2.19. The molecule has 6 nitrogen and oxygen atoms in total. The minimum atomic E-state index is -0.776. The maximum absolute atomic E-state index is 12.6. The van der Waals surface area contributed by atoms with Gasteiger partial charge in [0.25, 0.3) is 0 Å². The third kappa shape index (κ3) is 38.9. The molecule has 0 rings (SSSR count). The van der Waals surface area contributed by atoms with Crippen LogP contribution < -0.4 is 0 Å². The Morgan fingerprint density at radius 2 is 0.712 bits per heavy atom. The first-order valence-corrected chi connectivity index (χ1v) is 22.0. The van der Waals surface area contributed by atoms with Crippen molar-refractivity contribution in [2.24, 2.45) is 0 Å². The summed E-state index contributed by atoms with van der Waals surface area (Å²) in [7, 11) is 0. The normalized spacial score (nSPS) is 12.3. The van der Waals surface area contributed by atoms with Gasteiger partial charge in [-0.15, -0.1) is 0 Å². The molecular formula is C46H82O6. The summed E-state index contributed by atoms with van der Waals surface area (Å²) in [6.45, 7) is 6.51. The van der Waals surface area contributed by atoms with Crippen LogP contribution in [0, 0.1) is 0 Å². The number of carbonyl (C=O) groups excluding carboxylic acids is 3. The molecule has 0 N–H and O–H groups in total. The monoisotopic (exact) mass is 731 g/mol. The number of esters is 3. The van der Waals surface area contributed by atoms with Gasteiger partial charge in [0.15, 0.2) is 6.10 Å². The highest BCUT2D eigenvalue weighted by molar-refractivity contribution is 5.71. The first-order valence-electron chi connectivity index (χ1n) is 22.0. The molecule has 0 aromatic carbocycles. The van der Waals surface area contributed by atoms with Crippen LogP contribution in [-0.2, 0) is 28.6 Å². The number of allylic oxidation sites excluding steroid dienone is 6. The van der Waals surface area contributed by atoms with E-state index in [0.29, 0.717) is 19.3 Å². The van der Waals surface area contributed by atoms with E-state index in [0.717, 1.165) is 83.5 Å². The van der Waals surface area contributed by atoms with Crippen LogP contribution in [0.4, 0.5) is 0 Å². The standard InChI is InChI=1S/C46H82O6/c1-4-7-10-13-16-19-21-22-23-24-25-28-30-33-36-39-45(48)51-42-43(41-50-44(47)38-35-32-29-26-18-15-12-9-6-3)52-46(49)40-37-34-31-27-20-17-14-11-8-5-2/h14,16-17,19,21-22,43H,4-13,15,18,20,23-42H2,1-3H3/b17-14-,19-16-,22-21-. The lowest BCUT2D eigenvalue weighted by Gasteiger charge is -2.18. The Morgan fingerprint density at radius 1 is 0.385 bits per heavy atom. The van der Waals surface area contributed by atoms with Crippen molar-refractivity contribution >= 4 is 17.9 Å². The first kappa shape index (κ1) is 49.6. The lowest BCUT2D eigenvalue weighted by Crippen LogP contribution is -2.30. The molecule has 0 radical (unpaired) electrons. The predicted octanol–water partition coefficient (Wildman–Crippen LogP) is 13.8. The second-order valence-corrected chi connectivity index (χ2v) is 14.6. The van der Waals surface area contributed by atoms with Gasteiger partial charge in [-0.2, -0.15) is 0 Å². The van der Waals surface area contributed by atoms with Crippen molar-refractivity contribution in [3.05, 3.63) is 36.5 Å². The fourth-order valence-corrected chi connectivity index (χ4v) is 6.00. The summed E-state index contributed by atoms with van der Waals surface area (Å²) >= 11 is 0. The number of hydrogen-bond donors (Lipinski definition) is 0. The summed E-state index contributed by atoms with van der Waals surface area (Å²) in [5.74, 6) is -0.909. The number of ether oxygens (including phenoxy) is 3. The van der Waals surface area contributed by atoms with Crippen molar-refractivity contribution in [1.29, 1.82) is 0 Å². The van der Waals surface area contributed by atoms with E-state index >= 15 is 0 Å². The molecule has 0 aliphatic rings. The Bertz CT molecular complexity index is 891. The molecule has 0 aliphatic heterocycles. The molecule has 0 bridgehead atoms. The lowest BCUT2D eigenvalue weighted by molar-refractivity contribution is -0.167. The zero-order valence-corrected chi connectivity index (χ0v) is 34.3. The SMILES string of the molecule is CCCC/C=C\CCCCCCC(=O)OC(COC(=O)CCCCCCCC/C=C\C=C/CCCCC)COC(=O)CCCCCCCCCCC. The topological polar surface area (TPSA) is 78.9 Å². The molecule has 302 valence electrons. The van der Waals surface area contributed by atoms with E-state index in [4.69, 9.17) is 14.2 Å². The van der Waals surface area contributed by atoms with Gasteiger partial charge in [-0.1, -0.05) is 173 Å². The second kappa shape index (κ2) is 41.4. The van der Waals surface area contributed by atoms with Crippen molar-refractivity contribution in [2.75, 3.05) is 13.2 Å². The van der Waals surface area contributed by atoms with Gasteiger partial charge in [0.05, 0.1) is 0 Å². The van der Waals surface area contributed by atoms with E-state index in [1.807, 2.05) is 0 Å². The molecule has 52 heavy (non-hydrogen) atoms. The van der Waals surface area contributed by atoms with Gasteiger partial charge in [-0.3, -0.25) is 14.4 Å². The third-order valence-electron chi connectivity index (χ3n) is 9.40. The Balaban J connectivity index is 4.36. The predicted molar refractivity (Wildman–Crippen MR) is 219 cm³/mol. The Kier molecular flexibility index (Phi) is 39.5. The summed E-state index contributed by atoms with van der Waals surface area (Å²) in [4.78, 5) is 37.6. The highest BCUT2D eigenvalue weighted by atomic mass is 16.6. The molecule has 0 saturated carbocycles. The van der Waals surface area contributed by atoms with Gasteiger partial charge in [0.2, 0.25) is 0 Å². The molecule has 1 atom stereocenters. The Morgan fingerprint density at radius 3 is 1.17 bits per heavy atom. The Hall–Kier alpha value is -2.37. The van der Waals surface area contributed by atoms with Crippen molar-refractivity contribution in [1.82, 2.24) is 0 Å². The number of unbranched alkanes of at least 4 members (excludes halogenated alkanes) is 23. The van der Waals surface area contributed by atoms with E-state index < -0.39 is 6.10 Å². The largest absolute Gasteiger partial charge is 0.462 e. The molecule has 6 heteroatoms. The highest BCUT2D eigenvalue weighted by Crippen LogP contribution is 2.13. The minimum absolute atomic E-state index is 0.0793.